The van der Waals surface area contributed by atoms with Crippen molar-refractivity contribution in [1.29, 1.82) is 0 Å². The van der Waals surface area contributed by atoms with Gasteiger partial charge in [-0.2, -0.15) is 0 Å². The fourth-order valence-electron chi connectivity index (χ4n) is 1.78. The number of phenolic OH excluding ortho intramolecular Hbond substituents is 1. The zero-order valence-electron chi connectivity index (χ0n) is 13.0. The Kier molecular flexibility index (Phi) is 7.36. The third-order valence-corrected chi connectivity index (χ3v) is 4.43. The molecular weight excluding hydrogens is 528 g/mol. The molecule has 128 valence electrons. The van der Waals surface area contributed by atoms with E-state index in [1.54, 1.807) is 32.9 Å². The van der Waals surface area contributed by atoms with Gasteiger partial charge in [0.2, 0.25) is 0 Å². The Morgan fingerprint density at radius 3 is 2.22 bits per heavy atom. The van der Waals surface area contributed by atoms with Crippen LogP contribution < -0.4 is 5.32 Å². The van der Waals surface area contributed by atoms with Gasteiger partial charge in [0.05, 0.1) is 7.14 Å². The molecule has 0 saturated carbocycles. The van der Waals surface area contributed by atoms with Gasteiger partial charge < -0.3 is 20.3 Å². The maximum Gasteiger partial charge on any atom is 0.408 e. The van der Waals surface area contributed by atoms with Gasteiger partial charge in [-0.1, -0.05) is 0 Å². The van der Waals surface area contributed by atoms with Crippen molar-refractivity contribution < 1.29 is 24.5 Å². The standard InChI is InChI=1S/C15H19I2NO5/c1-15(2,3)23-14(22)18-11(13(20)21)5-4-8-6-9(16)12(19)10(17)7-8/h6-7,11,19H,4-5H2,1-3H3,(H,18,22)(H,20,21)/t11-/m0/s1. The van der Waals surface area contributed by atoms with E-state index in [0.29, 0.717) is 13.6 Å². The van der Waals surface area contributed by atoms with E-state index >= 15 is 0 Å². The molecule has 0 heterocycles. The minimum atomic E-state index is -1.11. The lowest BCUT2D eigenvalue weighted by Gasteiger charge is -2.22. The average molecular weight is 547 g/mol. The number of aryl methyl sites for hydroxylation is 1. The maximum absolute atomic E-state index is 11.7. The summed E-state index contributed by atoms with van der Waals surface area (Å²) in [6.45, 7) is 5.13. The minimum Gasteiger partial charge on any atom is -0.506 e. The summed E-state index contributed by atoms with van der Waals surface area (Å²) in [5.74, 6) is -0.893. The molecule has 6 nitrogen and oxygen atoms in total. The van der Waals surface area contributed by atoms with Crippen LogP contribution in [0.5, 0.6) is 5.75 Å². The molecular formula is C15H19I2NO5. The normalized spacial score (nSPS) is 12.6. The first kappa shape index (κ1) is 20.3. The molecule has 3 N–H and O–H groups in total. The number of aromatic hydroxyl groups is 1. The number of carbonyl (C=O) groups is 2. The van der Waals surface area contributed by atoms with Gasteiger partial charge in [0, 0.05) is 0 Å². The molecule has 1 rings (SSSR count). The zero-order valence-corrected chi connectivity index (χ0v) is 17.3. The first-order valence-corrected chi connectivity index (χ1v) is 9.04. The van der Waals surface area contributed by atoms with E-state index in [1.807, 2.05) is 45.2 Å². The van der Waals surface area contributed by atoms with Crippen LogP contribution >= 0.6 is 45.2 Å². The lowest BCUT2D eigenvalue weighted by molar-refractivity contribution is -0.139. The van der Waals surface area contributed by atoms with E-state index in [4.69, 9.17) is 4.74 Å². The molecule has 1 aromatic rings. The second-order valence-electron chi connectivity index (χ2n) is 5.98. The Hall–Kier alpha value is -0.780. The predicted molar refractivity (Wildman–Crippen MR) is 103 cm³/mol. The Labute approximate surface area is 162 Å². The highest BCUT2D eigenvalue weighted by Crippen LogP contribution is 2.28. The number of hydrogen-bond donors (Lipinski definition) is 3. The molecule has 0 fully saturated rings. The van der Waals surface area contributed by atoms with Crippen molar-refractivity contribution in [2.75, 3.05) is 0 Å². The number of halogens is 2. The summed E-state index contributed by atoms with van der Waals surface area (Å²) >= 11 is 4.04. The minimum absolute atomic E-state index is 0.219. The number of phenols is 1. The number of aliphatic carboxylic acids is 1. The van der Waals surface area contributed by atoms with Crippen LogP contribution in [-0.2, 0) is 16.0 Å². The number of hydrogen-bond acceptors (Lipinski definition) is 4. The fraction of sp³-hybridized carbons (Fsp3) is 0.467. The van der Waals surface area contributed by atoms with Crippen molar-refractivity contribution in [2.45, 2.75) is 45.3 Å². The molecule has 1 atom stereocenters. The smallest absolute Gasteiger partial charge is 0.408 e. The van der Waals surface area contributed by atoms with Crippen LogP contribution in [0.4, 0.5) is 4.79 Å². The van der Waals surface area contributed by atoms with Crippen molar-refractivity contribution in [3.63, 3.8) is 0 Å². The number of alkyl carbamates (subject to hydrolysis) is 1. The second-order valence-corrected chi connectivity index (χ2v) is 8.31. The SMILES string of the molecule is CC(C)(C)OC(=O)N[C@@H](CCc1cc(I)c(O)c(I)c1)C(=O)O. The van der Waals surface area contributed by atoms with Crippen LogP contribution in [-0.4, -0.2) is 33.9 Å². The van der Waals surface area contributed by atoms with Crippen LogP contribution in [0, 0.1) is 7.14 Å². The number of rotatable bonds is 5. The molecule has 1 aromatic carbocycles. The Morgan fingerprint density at radius 2 is 1.78 bits per heavy atom. The number of carboxylic acids is 1. The van der Waals surface area contributed by atoms with Gasteiger partial charge in [-0.3, -0.25) is 0 Å². The zero-order chi connectivity index (χ0) is 17.8. The molecule has 0 radical (unpaired) electrons. The Morgan fingerprint density at radius 1 is 1.26 bits per heavy atom. The van der Waals surface area contributed by atoms with Crippen molar-refractivity contribution in [1.82, 2.24) is 5.32 Å². The van der Waals surface area contributed by atoms with Gasteiger partial charge in [-0.15, -0.1) is 0 Å². The van der Waals surface area contributed by atoms with Crippen LogP contribution in [0.2, 0.25) is 0 Å². The molecule has 0 aliphatic heterocycles. The quantitative estimate of drug-likeness (QED) is 0.491. The van der Waals surface area contributed by atoms with Gasteiger partial charge in [-0.05, 0) is 96.5 Å². The highest BCUT2D eigenvalue weighted by molar-refractivity contribution is 14.1. The summed E-state index contributed by atoms with van der Waals surface area (Å²) in [5, 5.41) is 21.3. The first-order chi connectivity index (χ1) is 10.5. The number of amides is 1. The topological polar surface area (TPSA) is 95.9 Å². The molecule has 0 aliphatic carbocycles. The van der Waals surface area contributed by atoms with Crippen molar-refractivity contribution in [3.05, 3.63) is 24.8 Å². The van der Waals surface area contributed by atoms with Gasteiger partial charge >= 0.3 is 12.1 Å². The van der Waals surface area contributed by atoms with E-state index < -0.39 is 23.7 Å². The molecule has 8 heteroatoms. The van der Waals surface area contributed by atoms with E-state index in [1.165, 1.54) is 0 Å². The molecule has 0 aromatic heterocycles. The highest BCUT2D eigenvalue weighted by Gasteiger charge is 2.23. The monoisotopic (exact) mass is 547 g/mol. The lowest BCUT2D eigenvalue weighted by atomic mass is 10.1. The van der Waals surface area contributed by atoms with Crippen LogP contribution in [0.15, 0.2) is 12.1 Å². The molecule has 0 saturated heterocycles. The van der Waals surface area contributed by atoms with Gasteiger partial charge in [0.1, 0.15) is 17.4 Å². The van der Waals surface area contributed by atoms with E-state index in [-0.39, 0.29) is 12.2 Å². The number of nitrogens with one attached hydrogen (secondary N) is 1. The Bertz CT molecular complexity index is 575. The van der Waals surface area contributed by atoms with Crippen molar-refractivity contribution in [2.24, 2.45) is 0 Å². The van der Waals surface area contributed by atoms with E-state index in [0.717, 1.165) is 5.56 Å². The van der Waals surface area contributed by atoms with Crippen LogP contribution in [0.1, 0.15) is 32.8 Å². The number of carboxylic acid groups (broad SMARTS) is 1. The van der Waals surface area contributed by atoms with Gasteiger partial charge in [0.15, 0.2) is 0 Å². The number of ether oxygens (including phenoxy) is 1. The summed E-state index contributed by atoms with van der Waals surface area (Å²) in [7, 11) is 0. The van der Waals surface area contributed by atoms with Crippen molar-refractivity contribution in [3.8, 4) is 5.75 Å². The van der Waals surface area contributed by atoms with Crippen LogP contribution in [0.25, 0.3) is 0 Å². The van der Waals surface area contributed by atoms with Crippen LogP contribution in [0.3, 0.4) is 0 Å². The highest BCUT2D eigenvalue weighted by atomic mass is 127. The third-order valence-electron chi connectivity index (χ3n) is 2.79. The van der Waals surface area contributed by atoms with E-state index in [9.17, 15) is 19.8 Å². The summed E-state index contributed by atoms with van der Waals surface area (Å²) in [6.07, 6.45) is -0.0651. The fourth-order valence-corrected chi connectivity index (χ4v) is 3.68. The lowest BCUT2D eigenvalue weighted by Crippen LogP contribution is -2.43. The summed E-state index contributed by atoms with van der Waals surface area (Å²) in [5.41, 5.74) is 0.213. The molecule has 1 amide bonds. The first-order valence-electron chi connectivity index (χ1n) is 6.89. The van der Waals surface area contributed by atoms with Crippen molar-refractivity contribution >= 4 is 57.2 Å². The molecule has 0 unspecified atom stereocenters. The molecule has 0 aliphatic rings. The largest absolute Gasteiger partial charge is 0.506 e. The summed E-state index contributed by atoms with van der Waals surface area (Å²) in [4.78, 5) is 23.0. The number of benzene rings is 1. The number of carbonyl (C=O) groups excluding carboxylic acids is 1. The molecule has 0 spiro atoms. The van der Waals surface area contributed by atoms with E-state index in [2.05, 4.69) is 5.32 Å². The van der Waals surface area contributed by atoms with Gasteiger partial charge in [-0.25, -0.2) is 9.59 Å². The molecule has 23 heavy (non-hydrogen) atoms. The second kappa shape index (κ2) is 8.36. The van der Waals surface area contributed by atoms with Gasteiger partial charge in [0.25, 0.3) is 0 Å². The summed E-state index contributed by atoms with van der Waals surface area (Å²) < 4.78 is 6.49. The summed E-state index contributed by atoms with van der Waals surface area (Å²) in [6, 6.07) is 2.56. The third kappa shape index (κ3) is 7.10. The molecule has 0 bridgehead atoms. The maximum atomic E-state index is 11.7. The predicted octanol–water partition coefficient (Wildman–Crippen LogP) is 3.51. The average Bonchev–Trinajstić information content (AvgIpc) is 2.38. The Balaban J connectivity index is 2.71.